The van der Waals surface area contributed by atoms with Crippen LogP contribution < -0.4 is 15.4 Å². The van der Waals surface area contributed by atoms with Crippen LogP contribution in [0.2, 0.25) is 0 Å². The zero-order valence-electron chi connectivity index (χ0n) is 18.2. The quantitative estimate of drug-likeness (QED) is 0.196. The summed E-state index contributed by atoms with van der Waals surface area (Å²) in [4.78, 5) is 11.4. The summed E-state index contributed by atoms with van der Waals surface area (Å²) in [6.45, 7) is 15.1. The number of hydrogen-bond donors (Lipinski definition) is 2. The van der Waals surface area contributed by atoms with E-state index in [2.05, 4.69) is 60.1 Å². The highest BCUT2D eigenvalue weighted by atomic mass is 127. The highest BCUT2D eigenvalue weighted by Gasteiger charge is 2.12. The largest absolute Gasteiger partial charge is 0.475 e. The molecule has 1 heterocycles. The maximum Gasteiger partial charge on any atom is 0.218 e. The minimum atomic E-state index is 0. The van der Waals surface area contributed by atoms with E-state index in [1.165, 1.54) is 0 Å². The number of hydrogen-bond acceptors (Lipinski definition) is 5. The van der Waals surface area contributed by atoms with Crippen LogP contribution in [-0.2, 0) is 11.3 Å². The van der Waals surface area contributed by atoms with Gasteiger partial charge in [-0.3, -0.25) is 4.90 Å². The van der Waals surface area contributed by atoms with Gasteiger partial charge in [-0.25, -0.2) is 9.98 Å². The van der Waals surface area contributed by atoms with Crippen LogP contribution in [0, 0.1) is 0 Å². The number of nitrogens with zero attached hydrogens (tertiary/aromatic N) is 3. The lowest BCUT2D eigenvalue weighted by atomic mass is 10.2. The van der Waals surface area contributed by atoms with Gasteiger partial charge in [-0.1, -0.05) is 6.07 Å². The molecule has 2 N–H and O–H groups in total. The third-order valence-corrected chi connectivity index (χ3v) is 4.12. The van der Waals surface area contributed by atoms with Gasteiger partial charge in [0.1, 0.15) is 6.61 Å². The predicted octanol–water partition coefficient (Wildman–Crippen LogP) is 2.90. The topological polar surface area (TPSA) is 71.0 Å². The Kier molecular flexibility index (Phi) is 15.1. The van der Waals surface area contributed by atoms with Gasteiger partial charge in [0.05, 0.1) is 13.2 Å². The molecule has 28 heavy (non-hydrogen) atoms. The standard InChI is InChI=1S/C20H37N5O2.HI/c1-7-21-20(23-11-12-25(16(2)3)17(4)5)24-15-18-9-8-10-22-19(18)27-14-13-26-6;/h8-10,16-17H,7,11-15H2,1-6H3,(H2,21,23,24);1H. The summed E-state index contributed by atoms with van der Waals surface area (Å²) >= 11 is 0. The fourth-order valence-corrected chi connectivity index (χ4v) is 2.82. The highest BCUT2D eigenvalue weighted by Crippen LogP contribution is 2.15. The Morgan fingerprint density at radius 1 is 1.18 bits per heavy atom. The molecule has 0 spiro atoms. The molecule has 0 fully saturated rings. The number of pyridine rings is 1. The van der Waals surface area contributed by atoms with E-state index in [0.717, 1.165) is 31.2 Å². The average molecular weight is 507 g/mol. The molecule has 0 aromatic carbocycles. The van der Waals surface area contributed by atoms with Gasteiger partial charge in [0, 0.05) is 50.6 Å². The van der Waals surface area contributed by atoms with Gasteiger partial charge < -0.3 is 20.1 Å². The lowest BCUT2D eigenvalue weighted by molar-refractivity contribution is 0.143. The summed E-state index contributed by atoms with van der Waals surface area (Å²) in [5.41, 5.74) is 0.955. The SMILES string of the molecule is CCNC(=NCc1cccnc1OCCOC)NCCN(C(C)C)C(C)C.I. The Morgan fingerprint density at radius 2 is 1.89 bits per heavy atom. The fraction of sp³-hybridized carbons (Fsp3) is 0.700. The Bertz CT molecular complexity index is 547. The summed E-state index contributed by atoms with van der Waals surface area (Å²) in [5.74, 6) is 1.41. The first-order valence-electron chi connectivity index (χ1n) is 9.83. The van der Waals surface area contributed by atoms with Crippen LogP contribution in [0.5, 0.6) is 5.88 Å². The van der Waals surface area contributed by atoms with Crippen LogP contribution in [0.4, 0.5) is 0 Å². The van der Waals surface area contributed by atoms with Gasteiger partial charge in [-0.2, -0.15) is 0 Å². The first-order chi connectivity index (χ1) is 13.0. The van der Waals surface area contributed by atoms with Gasteiger partial charge in [0.25, 0.3) is 0 Å². The van der Waals surface area contributed by atoms with Crippen molar-refractivity contribution >= 4 is 29.9 Å². The lowest BCUT2D eigenvalue weighted by Crippen LogP contribution is -2.45. The van der Waals surface area contributed by atoms with Crippen molar-refractivity contribution in [2.24, 2.45) is 4.99 Å². The maximum absolute atomic E-state index is 5.68. The molecule has 0 aliphatic carbocycles. The van der Waals surface area contributed by atoms with Gasteiger partial charge in [0.2, 0.25) is 5.88 Å². The molecular formula is C20H38IN5O2. The summed E-state index contributed by atoms with van der Waals surface area (Å²) in [7, 11) is 1.65. The van der Waals surface area contributed by atoms with Gasteiger partial charge in [-0.05, 0) is 40.7 Å². The van der Waals surface area contributed by atoms with Crippen LogP contribution in [0.15, 0.2) is 23.3 Å². The Labute approximate surface area is 187 Å². The summed E-state index contributed by atoms with van der Waals surface area (Å²) in [5, 5.41) is 6.71. The van der Waals surface area contributed by atoms with E-state index in [0.29, 0.717) is 37.7 Å². The zero-order valence-corrected chi connectivity index (χ0v) is 20.5. The lowest BCUT2D eigenvalue weighted by Gasteiger charge is -2.30. The van der Waals surface area contributed by atoms with E-state index >= 15 is 0 Å². The van der Waals surface area contributed by atoms with Crippen molar-refractivity contribution in [1.82, 2.24) is 20.5 Å². The highest BCUT2D eigenvalue weighted by molar-refractivity contribution is 14.0. The van der Waals surface area contributed by atoms with Gasteiger partial charge in [0.15, 0.2) is 5.96 Å². The minimum Gasteiger partial charge on any atom is -0.475 e. The molecule has 0 saturated carbocycles. The van der Waals surface area contributed by atoms with Crippen LogP contribution in [0.25, 0.3) is 0 Å². The normalized spacial score (nSPS) is 11.7. The number of aliphatic imine (C=N–C) groups is 1. The second-order valence-electron chi connectivity index (χ2n) is 6.86. The predicted molar refractivity (Wildman–Crippen MR) is 127 cm³/mol. The molecule has 0 radical (unpaired) electrons. The number of rotatable bonds is 12. The Balaban J connectivity index is 0.00000729. The first-order valence-corrected chi connectivity index (χ1v) is 9.83. The van der Waals surface area contributed by atoms with Crippen LogP contribution >= 0.6 is 24.0 Å². The van der Waals surface area contributed by atoms with Gasteiger partial charge in [-0.15, -0.1) is 24.0 Å². The summed E-state index contributed by atoms with van der Waals surface area (Å²) < 4.78 is 10.7. The molecule has 8 heteroatoms. The molecule has 0 amide bonds. The average Bonchev–Trinajstić information content (AvgIpc) is 2.63. The molecule has 1 aromatic heterocycles. The third-order valence-electron chi connectivity index (χ3n) is 4.12. The second-order valence-corrected chi connectivity index (χ2v) is 6.86. The van der Waals surface area contributed by atoms with Crippen LogP contribution in [0.3, 0.4) is 0 Å². The van der Waals surface area contributed by atoms with E-state index in [9.17, 15) is 0 Å². The van der Waals surface area contributed by atoms with Crippen molar-refractivity contribution in [1.29, 1.82) is 0 Å². The molecule has 0 aliphatic rings. The molecule has 1 rings (SSSR count). The van der Waals surface area contributed by atoms with Crippen molar-refractivity contribution in [3.8, 4) is 5.88 Å². The summed E-state index contributed by atoms with van der Waals surface area (Å²) in [6, 6.07) is 4.93. The Morgan fingerprint density at radius 3 is 2.50 bits per heavy atom. The molecule has 0 saturated heterocycles. The van der Waals surface area contributed by atoms with E-state index in [1.807, 2.05) is 12.1 Å². The number of aromatic nitrogens is 1. The van der Waals surface area contributed by atoms with E-state index in [1.54, 1.807) is 13.3 Å². The maximum atomic E-state index is 5.68. The summed E-state index contributed by atoms with van der Waals surface area (Å²) in [6.07, 6.45) is 1.73. The molecule has 7 nitrogen and oxygen atoms in total. The molecule has 1 aromatic rings. The molecule has 0 bridgehead atoms. The van der Waals surface area contributed by atoms with E-state index in [-0.39, 0.29) is 24.0 Å². The van der Waals surface area contributed by atoms with E-state index in [4.69, 9.17) is 9.47 Å². The molecule has 0 unspecified atom stereocenters. The Hall–Kier alpha value is -1.13. The van der Waals surface area contributed by atoms with Crippen molar-refractivity contribution < 1.29 is 9.47 Å². The smallest absolute Gasteiger partial charge is 0.218 e. The molecule has 0 atom stereocenters. The zero-order chi connectivity index (χ0) is 20.1. The van der Waals surface area contributed by atoms with E-state index < -0.39 is 0 Å². The van der Waals surface area contributed by atoms with Crippen LogP contribution in [-0.4, -0.2) is 67.9 Å². The second kappa shape index (κ2) is 15.8. The first kappa shape index (κ1) is 26.9. The number of guanidine groups is 1. The minimum absolute atomic E-state index is 0. The number of halogens is 1. The number of methoxy groups -OCH3 is 1. The number of ether oxygens (including phenoxy) is 2. The molecule has 162 valence electrons. The van der Waals surface area contributed by atoms with Crippen molar-refractivity contribution in [2.75, 3.05) is 40.0 Å². The fourth-order valence-electron chi connectivity index (χ4n) is 2.82. The monoisotopic (exact) mass is 507 g/mol. The number of nitrogens with one attached hydrogen (secondary N) is 2. The molecule has 0 aliphatic heterocycles. The molecular weight excluding hydrogens is 469 g/mol. The van der Waals surface area contributed by atoms with Crippen molar-refractivity contribution in [2.45, 2.75) is 53.2 Å². The van der Waals surface area contributed by atoms with Crippen molar-refractivity contribution in [3.63, 3.8) is 0 Å². The van der Waals surface area contributed by atoms with Crippen LogP contribution in [0.1, 0.15) is 40.2 Å². The van der Waals surface area contributed by atoms with Gasteiger partial charge >= 0.3 is 0 Å². The third kappa shape index (κ3) is 10.4. The van der Waals surface area contributed by atoms with Crippen molar-refractivity contribution in [3.05, 3.63) is 23.9 Å².